The van der Waals surface area contributed by atoms with Gasteiger partial charge in [0.15, 0.2) is 5.96 Å². The van der Waals surface area contributed by atoms with Crippen molar-refractivity contribution in [2.45, 2.75) is 32.5 Å². The van der Waals surface area contributed by atoms with Crippen LogP contribution < -0.4 is 5.32 Å². The van der Waals surface area contributed by atoms with E-state index in [1.165, 1.54) is 17.5 Å². The molecule has 26 heavy (non-hydrogen) atoms. The number of nitrogens with zero attached hydrogens (tertiary/aromatic N) is 3. The van der Waals surface area contributed by atoms with Crippen molar-refractivity contribution in [2.75, 3.05) is 27.2 Å². The van der Waals surface area contributed by atoms with Crippen LogP contribution in [0.1, 0.15) is 22.9 Å². The molecule has 1 aliphatic rings. The molecule has 1 N–H and O–H groups in total. The van der Waals surface area contributed by atoms with Crippen molar-refractivity contribution in [1.82, 2.24) is 15.1 Å². The van der Waals surface area contributed by atoms with E-state index in [2.05, 4.69) is 57.8 Å². The summed E-state index contributed by atoms with van der Waals surface area (Å²) in [6, 6.07) is 13.2. The Hall–Kier alpha value is -1.12. The summed E-state index contributed by atoms with van der Waals surface area (Å²) in [5.41, 5.74) is 2.74. The van der Waals surface area contributed by atoms with E-state index in [0.29, 0.717) is 12.6 Å². The summed E-state index contributed by atoms with van der Waals surface area (Å²) in [5.74, 6) is 0.948. The maximum atomic E-state index is 4.75. The van der Waals surface area contributed by atoms with Gasteiger partial charge in [0.2, 0.25) is 0 Å². The average molecular weight is 484 g/mol. The number of hydrogen-bond donors (Lipinski definition) is 1. The molecule has 1 unspecified atom stereocenters. The number of rotatable bonds is 5. The normalized spacial score (nSPS) is 15.7. The summed E-state index contributed by atoms with van der Waals surface area (Å²) < 4.78 is 0. The smallest absolute Gasteiger partial charge is 0.193 e. The van der Waals surface area contributed by atoms with Gasteiger partial charge in [0.1, 0.15) is 0 Å². The topological polar surface area (TPSA) is 30.9 Å². The minimum absolute atomic E-state index is 0. The summed E-state index contributed by atoms with van der Waals surface area (Å²) in [6.07, 6.45) is 1.18. The molecule has 0 saturated carbocycles. The van der Waals surface area contributed by atoms with E-state index in [1.807, 2.05) is 31.5 Å². The predicted molar refractivity (Wildman–Crippen MR) is 123 cm³/mol. The van der Waals surface area contributed by atoms with Gasteiger partial charge in [-0.3, -0.25) is 4.90 Å². The van der Waals surface area contributed by atoms with Crippen molar-refractivity contribution < 1.29 is 0 Å². The molecule has 0 saturated heterocycles. The van der Waals surface area contributed by atoms with Gasteiger partial charge in [-0.1, -0.05) is 30.3 Å². The fourth-order valence-electron chi connectivity index (χ4n) is 3.12. The first-order chi connectivity index (χ1) is 12.1. The van der Waals surface area contributed by atoms with E-state index < -0.39 is 0 Å². The Kier molecular flexibility index (Phi) is 8.37. The molecular weight excluding hydrogens is 455 g/mol. The molecule has 0 amide bonds. The van der Waals surface area contributed by atoms with Crippen molar-refractivity contribution >= 4 is 41.3 Å². The predicted octanol–water partition coefficient (Wildman–Crippen LogP) is 3.82. The van der Waals surface area contributed by atoms with Gasteiger partial charge >= 0.3 is 0 Å². The first kappa shape index (κ1) is 21.2. The second-order valence-corrected chi connectivity index (χ2v) is 7.84. The molecular formula is C20H29IN4S. The van der Waals surface area contributed by atoms with Crippen molar-refractivity contribution in [1.29, 1.82) is 0 Å². The Morgan fingerprint density at radius 3 is 2.77 bits per heavy atom. The lowest BCUT2D eigenvalue weighted by molar-refractivity contribution is 0.192. The maximum Gasteiger partial charge on any atom is 0.193 e. The van der Waals surface area contributed by atoms with E-state index in [9.17, 15) is 0 Å². The zero-order chi connectivity index (χ0) is 17.6. The first-order valence-corrected chi connectivity index (χ1v) is 9.80. The van der Waals surface area contributed by atoms with Crippen LogP contribution in [0.3, 0.4) is 0 Å². The average Bonchev–Trinajstić information content (AvgIpc) is 3.09. The van der Waals surface area contributed by atoms with E-state index in [4.69, 9.17) is 4.99 Å². The molecule has 3 rings (SSSR count). The number of hydrogen-bond acceptors (Lipinski definition) is 3. The van der Waals surface area contributed by atoms with Crippen LogP contribution in [0.5, 0.6) is 0 Å². The molecule has 0 bridgehead atoms. The maximum absolute atomic E-state index is 4.75. The van der Waals surface area contributed by atoms with Gasteiger partial charge in [0.05, 0.1) is 6.54 Å². The zero-order valence-corrected chi connectivity index (χ0v) is 19.0. The number of halogens is 1. The lowest BCUT2D eigenvalue weighted by atomic mass is 10.1. The van der Waals surface area contributed by atoms with Gasteiger partial charge in [-0.05, 0) is 35.9 Å². The summed E-state index contributed by atoms with van der Waals surface area (Å²) in [6.45, 7) is 6.13. The number of guanidine groups is 1. The monoisotopic (exact) mass is 484 g/mol. The minimum Gasteiger partial charge on any atom is -0.355 e. The van der Waals surface area contributed by atoms with Crippen molar-refractivity contribution in [3.05, 3.63) is 57.8 Å². The third kappa shape index (κ3) is 5.69. The summed E-state index contributed by atoms with van der Waals surface area (Å²) in [4.78, 5) is 10.9. The van der Waals surface area contributed by atoms with Gasteiger partial charge in [0, 0.05) is 44.6 Å². The highest BCUT2D eigenvalue weighted by atomic mass is 127. The second kappa shape index (κ2) is 10.3. The van der Waals surface area contributed by atoms with E-state index in [1.54, 1.807) is 4.88 Å². The van der Waals surface area contributed by atoms with Gasteiger partial charge in [-0.15, -0.1) is 35.3 Å². The second-order valence-electron chi connectivity index (χ2n) is 6.84. The molecule has 0 fully saturated rings. The SMILES string of the molecule is CC(CNC(=NCc1ccccc1)N(C)C)N1CCc2sccc2C1.I. The van der Waals surface area contributed by atoms with Gasteiger partial charge in [0.25, 0.3) is 0 Å². The van der Waals surface area contributed by atoms with Gasteiger partial charge < -0.3 is 10.2 Å². The van der Waals surface area contributed by atoms with Crippen LogP contribution in [0.15, 0.2) is 46.8 Å². The molecule has 1 aromatic carbocycles. The molecule has 4 nitrogen and oxygen atoms in total. The van der Waals surface area contributed by atoms with Crippen LogP contribution in [0.25, 0.3) is 0 Å². The van der Waals surface area contributed by atoms with Crippen molar-refractivity contribution in [3.8, 4) is 0 Å². The molecule has 1 aliphatic heterocycles. The molecule has 1 aromatic heterocycles. The van der Waals surface area contributed by atoms with Crippen molar-refractivity contribution in [2.24, 2.45) is 4.99 Å². The third-order valence-electron chi connectivity index (χ3n) is 4.69. The number of aliphatic imine (C=N–C) groups is 1. The van der Waals surface area contributed by atoms with Gasteiger partial charge in [-0.2, -0.15) is 0 Å². The van der Waals surface area contributed by atoms with Crippen LogP contribution in [0, 0.1) is 0 Å². The Balaban J connectivity index is 0.00000243. The van der Waals surface area contributed by atoms with Gasteiger partial charge in [-0.25, -0.2) is 4.99 Å². The number of thiophene rings is 1. The summed E-state index contributed by atoms with van der Waals surface area (Å²) in [7, 11) is 4.08. The number of nitrogens with one attached hydrogen (secondary N) is 1. The van der Waals surface area contributed by atoms with Crippen LogP contribution in [-0.2, 0) is 19.5 Å². The van der Waals surface area contributed by atoms with Crippen molar-refractivity contribution in [3.63, 3.8) is 0 Å². The lowest BCUT2D eigenvalue weighted by Crippen LogP contribution is -2.46. The minimum atomic E-state index is 0. The zero-order valence-electron chi connectivity index (χ0n) is 15.8. The molecule has 0 spiro atoms. The summed E-state index contributed by atoms with van der Waals surface area (Å²) >= 11 is 1.90. The van der Waals surface area contributed by atoms with Crippen LogP contribution >= 0.6 is 35.3 Å². The molecule has 6 heteroatoms. The fraction of sp³-hybridized carbons (Fsp3) is 0.450. The highest BCUT2D eigenvalue weighted by Gasteiger charge is 2.21. The standard InChI is InChI=1S/C20H28N4S.HI/c1-16(24-11-9-19-18(15-24)10-12-25-19)13-21-20(23(2)3)22-14-17-7-5-4-6-8-17;/h4-8,10,12,16H,9,11,13-15H2,1-3H3,(H,21,22);1H. The highest BCUT2D eigenvalue weighted by Crippen LogP contribution is 2.24. The Morgan fingerprint density at radius 1 is 1.27 bits per heavy atom. The molecule has 0 radical (unpaired) electrons. The van der Waals surface area contributed by atoms with Crippen LogP contribution in [0.2, 0.25) is 0 Å². The Morgan fingerprint density at radius 2 is 2.04 bits per heavy atom. The third-order valence-corrected chi connectivity index (χ3v) is 5.72. The van der Waals surface area contributed by atoms with E-state index >= 15 is 0 Å². The largest absolute Gasteiger partial charge is 0.355 e. The molecule has 0 aliphatic carbocycles. The van der Waals surface area contributed by atoms with Crippen LogP contribution in [-0.4, -0.2) is 49.0 Å². The van der Waals surface area contributed by atoms with Crippen LogP contribution in [0.4, 0.5) is 0 Å². The quantitative estimate of drug-likeness (QED) is 0.398. The van der Waals surface area contributed by atoms with E-state index in [-0.39, 0.29) is 24.0 Å². The molecule has 142 valence electrons. The Labute approximate surface area is 178 Å². The number of fused-ring (bicyclic) bond motifs is 1. The summed E-state index contributed by atoms with van der Waals surface area (Å²) in [5, 5.41) is 5.76. The first-order valence-electron chi connectivity index (χ1n) is 8.92. The Bertz CT molecular complexity index is 699. The molecule has 2 aromatic rings. The molecule has 2 heterocycles. The fourth-order valence-corrected chi connectivity index (χ4v) is 4.01. The lowest BCUT2D eigenvalue weighted by Gasteiger charge is -2.33. The number of benzene rings is 1. The highest BCUT2D eigenvalue weighted by molar-refractivity contribution is 14.0. The van der Waals surface area contributed by atoms with E-state index in [0.717, 1.165) is 25.6 Å². The molecule has 1 atom stereocenters.